The molecule has 0 aliphatic carbocycles. The van der Waals surface area contributed by atoms with E-state index in [0.717, 1.165) is 5.56 Å². The Morgan fingerprint density at radius 2 is 1.87 bits per heavy atom. The maximum Gasteiger partial charge on any atom is 0.268 e. The fourth-order valence-corrected chi connectivity index (χ4v) is 3.54. The molecule has 0 atom stereocenters. The number of hydrogen-bond acceptors (Lipinski definition) is 4. The summed E-state index contributed by atoms with van der Waals surface area (Å²) in [4.78, 5) is 30.7. The van der Waals surface area contributed by atoms with Crippen LogP contribution in [-0.2, 0) is 13.1 Å². The highest BCUT2D eigenvalue weighted by Crippen LogP contribution is 2.19. The number of aromatic nitrogens is 3. The van der Waals surface area contributed by atoms with Crippen molar-refractivity contribution >= 4 is 22.6 Å². The molecule has 5 aromatic rings. The summed E-state index contributed by atoms with van der Waals surface area (Å²) in [5, 5.41) is 3.26. The van der Waals surface area contributed by atoms with Gasteiger partial charge in [0.15, 0.2) is 0 Å². The van der Waals surface area contributed by atoms with Crippen molar-refractivity contribution in [3.05, 3.63) is 107 Å². The Balaban J connectivity index is 1.64. The number of fused-ring (bicyclic) bond motifs is 2. The summed E-state index contributed by atoms with van der Waals surface area (Å²) in [5.41, 5.74) is 2.19. The minimum atomic E-state index is -0.297. The van der Waals surface area contributed by atoms with Crippen LogP contribution < -0.4 is 10.9 Å². The van der Waals surface area contributed by atoms with Crippen LogP contribution in [-0.4, -0.2) is 19.9 Å². The highest BCUT2D eigenvalue weighted by molar-refractivity contribution is 5.98. The van der Waals surface area contributed by atoms with Gasteiger partial charge in [-0.3, -0.25) is 14.0 Å². The first-order valence-electron chi connectivity index (χ1n) is 9.56. The fraction of sp³-hybridized carbons (Fsp3) is 0.0870. The molecule has 5 rings (SSSR count). The van der Waals surface area contributed by atoms with Crippen molar-refractivity contribution in [2.75, 3.05) is 0 Å². The van der Waals surface area contributed by atoms with Gasteiger partial charge in [0.05, 0.1) is 18.2 Å². The molecular formula is C23H18N4O3. The van der Waals surface area contributed by atoms with E-state index >= 15 is 0 Å². The second kappa shape index (κ2) is 7.36. The molecule has 1 aromatic carbocycles. The number of carbonyl (C=O) groups is 1. The van der Waals surface area contributed by atoms with E-state index in [2.05, 4.69) is 10.3 Å². The van der Waals surface area contributed by atoms with Gasteiger partial charge in [-0.25, -0.2) is 4.98 Å². The number of hydrogen-bond donors (Lipinski definition) is 1. The number of nitrogens with zero attached hydrogens (tertiary/aromatic N) is 3. The highest BCUT2D eigenvalue weighted by Gasteiger charge is 2.20. The Morgan fingerprint density at radius 3 is 2.67 bits per heavy atom. The van der Waals surface area contributed by atoms with Crippen molar-refractivity contribution in [2.24, 2.45) is 0 Å². The van der Waals surface area contributed by atoms with E-state index < -0.39 is 0 Å². The van der Waals surface area contributed by atoms with Gasteiger partial charge in [0.2, 0.25) is 0 Å². The molecule has 0 radical (unpaired) electrons. The molecule has 30 heavy (non-hydrogen) atoms. The number of furan rings is 1. The molecule has 148 valence electrons. The SMILES string of the molecule is O=C(NCc1ccco1)c1cc2c(=O)n3ccccc3nc2n1Cc1ccccc1. The van der Waals surface area contributed by atoms with Crippen LogP contribution in [0, 0.1) is 0 Å². The standard InChI is InChI=1S/C23H18N4O3/c28-22(24-14-17-9-6-12-30-17)19-13-18-21(27(19)15-16-7-2-1-3-8-16)25-20-10-4-5-11-26(20)23(18)29/h1-13H,14-15H2,(H,24,28). The number of carbonyl (C=O) groups excluding carboxylic acids is 1. The van der Waals surface area contributed by atoms with Gasteiger partial charge in [-0.1, -0.05) is 36.4 Å². The molecule has 0 saturated heterocycles. The van der Waals surface area contributed by atoms with Crippen LogP contribution >= 0.6 is 0 Å². The second-order valence-corrected chi connectivity index (χ2v) is 6.95. The predicted octanol–water partition coefficient (Wildman–Crippen LogP) is 3.22. The summed E-state index contributed by atoms with van der Waals surface area (Å²) in [6.45, 7) is 0.677. The van der Waals surface area contributed by atoms with Crippen molar-refractivity contribution in [2.45, 2.75) is 13.1 Å². The quantitative estimate of drug-likeness (QED) is 0.493. The molecule has 0 unspecified atom stereocenters. The average Bonchev–Trinajstić information content (AvgIpc) is 3.42. The van der Waals surface area contributed by atoms with E-state index in [4.69, 9.17) is 4.42 Å². The third kappa shape index (κ3) is 3.16. The molecule has 1 amide bonds. The molecule has 0 aliphatic rings. The van der Waals surface area contributed by atoms with E-state index in [1.165, 1.54) is 4.40 Å². The predicted molar refractivity (Wildman–Crippen MR) is 112 cm³/mol. The molecule has 4 aromatic heterocycles. The van der Waals surface area contributed by atoms with E-state index in [1.54, 1.807) is 47.4 Å². The lowest BCUT2D eigenvalue weighted by Gasteiger charge is -2.11. The second-order valence-electron chi connectivity index (χ2n) is 6.95. The van der Waals surface area contributed by atoms with Gasteiger partial charge < -0.3 is 14.3 Å². The Morgan fingerprint density at radius 1 is 1.03 bits per heavy atom. The van der Waals surface area contributed by atoms with E-state index in [-0.39, 0.29) is 18.0 Å². The number of nitrogens with one attached hydrogen (secondary N) is 1. The summed E-state index contributed by atoms with van der Waals surface area (Å²) in [6, 6.07) is 20.3. The number of amides is 1. The average molecular weight is 398 g/mol. The molecule has 0 saturated carbocycles. The fourth-order valence-electron chi connectivity index (χ4n) is 3.54. The molecule has 7 nitrogen and oxygen atoms in total. The van der Waals surface area contributed by atoms with Gasteiger partial charge >= 0.3 is 0 Å². The molecule has 1 N–H and O–H groups in total. The van der Waals surface area contributed by atoms with Crippen LogP contribution in [0.1, 0.15) is 21.8 Å². The van der Waals surface area contributed by atoms with Gasteiger partial charge in [-0.05, 0) is 35.9 Å². The van der Waals surface area contributed by atoms with Crippen molar-refractivity contribution in [1.82, 2.24) is 19.3 Å². The maximum atomic E-state index is 13.0. The normalized spacial score (nSPS) is 11.2. The first kappa shape index (κ1) is 17.9. The zero-order chi connectivity index (χ0) is 20.5. The largest absolute Gasteiger partial charge is 0.467 e. The summed E-state index contributed by atoms with van der Waals surface area (Å²) in [7, 11) is 0. The lowest BCUT2D eigenvalue weighted by Crippen LogP contribution is -2.25. The zero-order valence-electron chi connectivity index (χ0n) is 16.0. The Labute approximate surface area is 171 Å². The summed E-state index contributed by atoms with van der Waals surface area (Å²) >= 11 is 0. The van der Waals surface area contributed by atoms with Crippen LogP contribution in [0.15, 0.2) is 88.4 Å². The number of benzene rings is 1. The number of rotatable bonds is 5. The molecule has 4 heterocycles. The minimum absolute atomic E-state index is 0.206. The number of pyridine rings is 1. The van der Waals surface area contributed by atoms with Crippen LogP contribution in [0.25, 0.3) is 16.7 Å². The third-order valence-corrected chi connectivity index (χ3v) is 5.00. The minimum Gasteiger partial charge on any atom is -0.467 e. The summed E-state index contributed by atoms with van der Waals surface area (Å²) in [6.07, 6.45) is 3.24. The maximum absolute atomic E-state index is 13.0. The topological polar surface area (TPSA) is 81.5 Å². The molecule has 7 heteroatoms. The smallest absolute Gasteiger partial charge is 0.268 e. The van der Waals surface area contributed by atoms with Crippen LogP contribution in [0.2, 0.25) is 0 Å². The van der Waals surface area contributed by atoms with E-state index in [9.17, 15) is 9.59 Å². The first-order chi connectivity index (χ1) is 14.7. The van der Waals surface area contributed by atoms with Crippen LogP contribution in [0.4, 0.5) is 0 Å². The van der Waals surface area contributed by atoms with Crippen LogP contribution in [0.5, 0.6) is 0 Å². The highest BCUT2D eigenvalue weighted by atomic mass is 16.3. The molecule has 0 bridgehead atoms. The van der Waals surface area contributed by atoms with Crippen molar-refractivity contribution in [3.63, 3.8) is 0 Å². The van der Waals surface area contributed by atoms with E-state index in [1.807, 2.05) is 36.4 Å². The van der Waals surface area contributed by atoms with Crippen molar-refractivity contribution in [3.8, 4) is 0 Å². The Hall–Kier alpha value is -4.13. The van der Waals surface area contributed by atoms with Gasteiger partial charge in [-0.2, -0.15) is 0 Å². The molecule has 0 aliphatic heterocycles. The van der Waals surface area contributed by atoms with Crippen LogP contribution in [0.3, 0.4) is 0 Å². The van der Waals surface area contributed by atoms with Gasteiger partial charge in [0.1, 0.15) is 22.7 Å². The van der Waals surface area contributed by atoms with Crippen molar-refractivity contribution in [1.29, 1.82) is 0 Å². The Kier molecular flexibility index (Phi) is 4.40. The summed E-state index contributed by atoms with van der Waals surface area (Å²) < 4.78 is 8.56. The molecule has 0 fully saturated rings. The van der Waals surface area contributed by atoms with Gasteiger partial charge in [-0.15, -0.1) is 0 Å². The van der Waals surface area contributed by atoms with Gasteiger partial charge in [0, 0.05) is 12.7 Å². The lowest BCUT2D eigenvalue weighted by atomic mass is 10.2. The van der Waals surface area contributed by atoms with Crippen molar-refractivity contribution < 1.29 is 9.21 Å². The Bertz CT molecular complexity index is 1400. The first-order valence-corrected chi connectivity index (χ1v) is 9.56. The zero-order valence-corrected chi connectivity index (χ0v) is 16.0. The third-order valence-electron chi connectivity index (χ3n) is 5.00. The monoisotopic (exact) mass is 398 g/mol. The summed E-state index contributed by atoms with van der Waals surface area (Å²) in [5.74, 6) is 0.354. The molecular weight excluding hydrogens is 380 g/mol. The molecule has 0 spiro atoms. The van der Waals surface area contributed by atoms with Gasteiger partial charge in [0.25, 0.3) is 11.5 Å². The van der Waals surface area contributed by atoms with E-state index in [0.29, 0.717) is 34.7 Å². The lowest BCUT2D eigenvalue weighted by molar-refractivity contribution is 0.0939.